The first-order valence-electron chi connectivity index (χ1n) is 8.87. The van der Waals surface area contributed by atoms with E-state index in [0.717, 1.165) is 16.3 Å². The van der Waals surface area contributed by atoms with Gasteiger partial charge in [0.15, 0.2) is 5.58 Å². The Morgan fingerprint density at radius 1 is 0.893 bits per heavy atom. The molecule has 0 aliphatic carbocycles. The Kier molecular flexibility index (Phi) is 3.84. The van der Waals surface area contributed by atoms with Gasteiger partial charge in [0, 0.05) is 29.1 Å². The van der Waals surface area contributed by atoms with Crippen molar-refractivity contribution in [2.45, 2.75) is 0 Å². The number of carbonyl (C=O) groups is 1. The van der Waals surface area contributed by atoms with Crippen molar-refractivity contribution in [1.29, 1.82) is 0 Å². The lowest BCUT2D eigenvalue weighted by atomic mass is 10.1. The largest absolute Gasteiger partial charge is 0.436 e. The molecule has 1 N–H and O–H groups in total. The molecule has 5 nitrogen and oxygen atoms in total. The Balaban J connectivity index is 1.37. The zero-order chi connectivity index (χ0) is 18.9. The number of nitrogens with one attached hydrogen (secondary N) is 1. The van der Waals surface area contributed by atoms with E-state index in [0.29, 0.717) is 28.2 Å². The van der Waals surface area contributed by atoms with Gasteiger partial charge in [-0.2, -0.15) is 0 Å². The van der Waals surface area contributed by atoms with Crippen molar-refractivity contribution in [3.05, 3.63) is 90.8 Å². The molecule has 0 atom stereocenters. The summed E-state index contributed by atoms with van der Waals surface area (Å²) in [5.41, 5.74) is 3.57. The maximum Gasteiger partial charge on any atom is 0.255 e. The van der Waals surface area contributed by atoms with Gasteiger partial charge in [-0.1, -0.05) is 30.3 Å². The summed E-state index contributed by atoms with van der Waals surface area (Å²) in [5, 5.41) is 5.07. The second-order valence-corrected chi connectivity index (χ2v) is 6.46. The van der Waals surface area contributed by atoms with Crippen LogP contribution in [0.5, 0.6) is 0 Å². The van der Waals surface area contributed by atoms with Crippen LogP contribution in [0.3, 0.4) is 0 Å². The van der Waals surface area contributed by atoms with E-state index in [2.05, 4.69) is 15.3 Å². The summed E-state index contributed by atoms with van der Waals surface area (Å²) in [6.45, 7) is 0. The van der Waals surface area contributed by atoms with Crippen LogP contribution in [0.4, 0.5) is 5.69 Å². The van der Waals surface area contributed by atoms with E-state index in [1.54, 1.807) is 18.5 Å². The minimum absolute atomic E-state index is 0.147. The first-order chi connectivity index (χ1) is 13.8. The number of oxazole rings is 1. The van der Waals surface area contributed by atoms with Crippen molar-refractivity contribution in [2.24, 2.45) is 0 Å². The molecule has 5 heteroatoms. The number of fused-ring (bicyclic) bond motifs is 2. The third-order valence-corrected chi connectivity index (χ3v) is 4.59. The minimum atomic E-state index is -0.147. The van der Waals surface area contributed by atoms with Crippen LogP contribution in [0.25, 0.3) is 33.3 Å². The molecular weight excluding hydrogens is 350 g/mol. The van der Waals surface area contributed by atoms with Crippen molar-refractivity contribution in [2.75, 3.05) is 5.32 Å². The third-order valence-electron chi connectivity index (χ3n) is 4.59. The summed E-state index contributed by atoms with van der Waals surface area (Å²) in [4.78, 5) is 21.1. The molecule has 5 aromatic rings. The average Bonchev–Trinajstić information content (AvgIpc) is 3.18. The van der Waals surface area contributed by atoms with Gasteiger partial charge in [-0.15, -0.1) is 0 Å². The number of hydrogen-bond acceptors (Lipinski definition) is 4. The van der Waals surface area contributed by atoms with Crippen LogP contribution in [0.1, 0.15) is 10.4 Å². The fourth-order valence-electron chi connectivity index (χ4n) is 3.13. The normalized spacial score (nSPS) is 11.0. The van der Waals surface area contributed by atoms with Crippen molar-refractivity contribution < 1.29 is 9.21 Å². The predicted octanol–water partition coefficient (Wildman–Crippen LogP) is 5.30. The molecule has 0 fully saturated rings. The first kappa shape index (κ1) is 16.2. The summed E-state index contributed by atoms with van der Waals surface area (Å²) >= 11 is 0. The van der Waals surface area contributed by atoms with Gasteiger partial charge in [0.25, 0.3) is 5.91 Å². The zero-order valence-electron chi connectivity index (χ0n) is 14.8. The van der Waals surface area contributed by atoms with Crippen LogP contribution in [0.2, 0.25) is 0 Å². The van der Waals surface area contributed by atoms with E-state index in [-0.39, 0.29) is 5.91 Å². The Bertz CT molecular complexity index is 1270. The van der Waals surface area contributed by atoms with Gasteiger partial charge in [-0.25, -0.2) is 4.98 Å². The van der Waals surface area contributed by atoms with Crippen LogP contribution in [0.15, 0.2) is 89.6 Å². The highest BCUT2D eigenvalue weighted by atomic mass is 16.3. The van der Waals surface area contributed by atoms with Gasteiger partial charge in [0.1, 0.15) is 5.52 Å². The Morgan fingerprint density at radius 3 is 2.54 bits per heavy atom. The molecule has 0 aliphatic heterocycles. The molecule has 2 heterocycles. The van der Waals surface area contributed by atoms with E-state index in [9.17, 15) is 4.79 Å². The molecule has 0 radical (unpaired) electrons. The topological polar surface area (TPSA) is 68.0 Å². The Labute approximate surface area is 160 Å². The average molecular weight is 365 g/mol. The van der Waals surface area contributed by atoms with Gasteiger partial charge in [-0.3, -0.25) is 9.78 Å². The highest BCUT2D eigenvalue weighted by Crippen LogP contribution is 2.25. The smallest absolute Gasteiger partial charge is 0.255 e. The maximum atomic E-state index is 12.6. The number of pyridine rings is 1. The number of amides is 1. The molecule has 0 unspecified atom stereocenters. The lowest BCUT2D eigenvalue weighted by Crippen LogP contribution is -2.11. The fourth-order valence-corrected chi connectivity index (χ4v) is 3.13. The summed E-state index contributed by atoms with van der Waals surface area (Å²) in [6.07, 6.45) is 3.34. The molecule has 5 rings (SSSR count). The van der Waals surface area contributed by atoms with Crippen LogP contribution in [-0.4, -0.2) is 15.9 Å². The second-order valence-electron chi connectivity index (χ2n) is 6.46. The summed E-state index contributed by atoms with van der Waals surface area (Å²) in [6, 6.07) is 22.8. The standard InChI is InChI=1S/C23H15N3O2/c27-22(18-6-5-15-3-1-2-4-17(15)13-18)25-19-9-7-16(8-10-19)23-26-20-14-24-12-11-21(20)28-23/h1-14H,(H,25,27). The molecule has 1 amide bonds. The number of carbonyl (C=O) groups excluding carboxylic acids is 1. The molecule has 0 bridgehead atoms. The monoisotopic (exact) mass is 365 g/mol. The lowest BCUT2D eigenvalue weighted by Gasteiger charge is -2.07. The van der Waals surface area contributed by atoms with Gasteiger partial charge in [-0.05, 0) is 47.2 Å². The number of hydrogen-bond donors (Lipinski definition) is 1. The Morgan fingerprint density at radius 2 is 1.71 bits per heavy atom. The molecule has 0 aliphatic rings. The molecule has 0 saturated heterocycles. The number of rotatable bonds is 3. The molecular formula is C23H15N3O2. The van der Waals surface area contributed by atoms with Crippen LogP contribution >= 0.6 is 0 Å². The van der Waals surface area contributed by atoms with Crippen LogP contribution < -0.4 is 5.32 Å². The molecule has 0 saturated carbocycles. The third kappa shape index (κ3) is 2.99. The van der Waals surface area contributed by atoms with E-state index < -0.39 is 0 Å². The summed E-state index contributed by atoms with van der Waals surface area (Å²) < 4.78 is 5.75. The van der Waals surface area contributed by atoms with Gasteiger partial charge in [0.2, 0.25) is 5.89 Å². The van der Waals surface area contributed by atoms with E-state index in [4.69, 9.17) is 4.42 Å². The molecule has 2 aromatic heterocycles. The van der Waals surface area contributed by atoms with E-state index in [1.165, 1.54) is 0 Å². The molecule has 28 heavy (non-hydrogen) atoms. The second kappa shape index (κ2) is 6.63. The highest BCUT2D eigenvalue weighted by molar-refractivity contribution is 6.06. The van der Waals surface area contributed by atoms with E-state index in [1.807, 2.05) is 66.7 Å². The van der Waals surface area contributed by atoms with Gasteiger partial charge in [0.05, 0.1) is 6.20 Å². The summed E-state index contributed by atoms with van der Waals surface area (Å²) in [5.74, 6) is 0.377. The number of anilines is 1. The lowest BCUT2D eigenvalue weighted by molar-refractivity contribution is 0.102. The van der Waals surface area contributed by atoms with Gasteiger partial charge >= 0.3 is 0 Å². The molecule has 0 spiro atoms. The zero-order valence-corrected chi connectivity index (χ0v) is 14.8. The van der Waals surface area contributed by atoms with E-state index >= 15 is 0 Å². The quantitative estimate of drug-likeness (QED) is 0.471. The maximum absolute atomic E-state index is 12.6. The minimum Gasteiger partial charge on any atom is -0.436 e. The first-order valence-corrected chi connectivity index (χ1v) is 8.87. The van der Waals surface area contributed by atoms with Gasteiger partial charge < -0.3 is 9.73 Å². The molecule has 134 valence electrons. The Hall–Kier alpha value is -3.99. The molecule has 3 aromatic carbocycles. The number of aromatic nitrogens is 2. The van der Waals surface area contributed by atoms with Crippen molar-refractivity contribution in [1.82, 2.24) is 9.97 Å². The predicted molar refractivity (Wildman–Crippen MR) is 109 cm³/mol. The fraction of sp³-hybridized carbons (Fsp3) is 0. The SMILES string of the molecule is O=C(Nc1ccc(-c2nc3cnccc3o2)cc1)c1ccc2ccccc2c1. The van der Waals surface area contributed by atoms with Crippen molar-refractivity contribution >= 4 is 33.5 Å². The van der Waals surface area contributed by atoms with Crippen molar-refractivity contribution in [3.63, 3.8) is 0 Å². The highest BCUT2D eigenvalue weighted by Gasteiger charge is 2.10. The van der Waals surface area contributed by atoms with Crippen LogP contribution in [0, 0.1) is 0 Å². The van der Waals surface area contributed by atoms with Crippen LogP contribution in [-0.2, 0) is 0 Å². The number of benzene rings is 3. The van der Waals surface area contributed by atoms with Crippen molar-refractivity contribution in [3.8, 4) is 11.5 Å². The number of nitrogens with zero attached hydrogens (tertiary/aromatic N) is 2. The summed E-state index contributed by atoms with van der Waals surface area (Å²) in [7, 11) is 0.